The first-order valence-corrected chi connectivity index (χ1v) is 6.88. The molecule has 4 heteroatoms. The van der Waals surface area contributed by atoms with Crippen LogP contribution in [0.3, 0.4) is 0 Å². The lowest BCUT2D eigenvalue weighted by molar-refractivity contribution is 0.102. The number of hydrogen-bond donors (Lipinski definition) is 1. The van der Waals surface area contributed by atoms with Crippen LogP contribution < -0.4 is 4.74 Å². The standard InChI is InChI=1S/C13H13BrO2S/c1-13(15,11-7-17-8-12(11)14)9-4-3-5-10(6-9)16-2/h3-8,15H,1-2H3. The van der Waals surface area contributed by atoms with Crippen molar-refractivity contribution in [1.29, 1.82) is 0 Å². The predicted molar refractivity (Wildman–Crippen MR) is 73.7 cm³/mol. The number of halogens is 1. The summed E-state index contributed by atoms with van der Waals surface area (Å²) in [5, 5.41) is 14.6. The van der Waals surface area contributed by atoms with E-state index in [1.165, 1.54) is 0 Å². The lowest BCUT2D eigenvalue weighted by Crippen LogP contribution is -2.22. The lowest BCUT2D eigenvalue weighted by Gasteiger charge is -2.24. The third-order valence-electron chi connectivity index (χ3n) is 2.77. The number of rotatable bonds is 3. The summed E-state index contributed by atoms with van der Waals surface area (Å²) in [6, 6.07) is 7.49. The summed E-state index contributed by atoms with van der Waals surface area (Å²) in [5.74, 6) is 0.745. The van der Waals surface area contributed by atoms with Crippen molar-refractivity contribution in [2.24, 2.45) is 0 Å². The quantitative estimate of drug-likeness (QED) is 0.934. The topological polar surface area (TPSA) is 29.5 Å². The maximum absolute atomic E-state index is 10.7. The molecule has 0 fully saturated rings. The molecule has 0 aliphatic rings. The van der Waals surface area contributed by atoms with Crippen molar-refractivity contribution in [2.75, 3.05) is 7.11 Å². The maximum atomic E-state index is 10.7. The van der Waals surface area contributed by atoms with Gasteiger partial charge in [-0.05, 0) is 45.9 Å². The van der Waals surface area contributed by atoms with Gasteiger partial charge in [-0.3, -0.25) is 0 Å². The molecule has 0 aliphatic heterocycles. The molecule has 1 N–H and O–H groups in total. The van der Waals surface area contributed by atoms with Gasteiger partial charge in [0.25, 0.3) is 0 Å². The van der Waals surface area contributed by atoms with Crippen molar-refractivity contribution in [3.8, 4) is 5.75 Å². The maximum Gasteiger partial charge on any atom is 0.119 e. The van der Waals surface area contributed by atoms with E-state index >= 15 is 0 Å². The molecular weight excluding hydrogens is 300 g/mol. The molecular formula is C13H13BrO2S. The Morgan fingerprint density at radius 2 is 2.12 bits per heavy atom. The van der Waals surface area contributed by atoms with Crippen molar-refractivity contribution < 1.29 is 9.84 Å². The SMILES string of the molecule is COc1cccc(C(C)(O)c2cscc2Br)c1. The summed E-state index contributed by atoms with van der Waals surface area (Å²) in [5.41, 5.74) is 0.666. The van der Waals surface area contributed by atoms with Crippen molar-refractivity contribution in [2.45, 2.75) is 12.5 Å². The van der Waals surface area contributed by atoms with Crippen molar-refractivity contribution in [3.63, 3.8) is 0 Å². The first-order valence-electron chi connectivity index (χ1n) is 5.15. The Morgan fingerprint density at radius 3 is 2.71 bits per heavy atom. The van der Waals surface area contributed by atoms with Gasteiger partial charge in [0, 0.05) is 15.4 Å². The Kier molecular flexibility index (Phi) is 3.56. The fourth-order valence-corrected chi connectivity index (χ4v) is 3.49. The average Bonchev–Trinajstić information content (AvgIpc) is 2.76. The van der Waals surface area contributed by atoms with E-state index in [1.54, 1.807) is 25.4 Å². The zero-order valence-corrected chi connectivity index (χ0v) is 12.0. The van der Waals surface area contributed by atoms with Crippen LogP contribution in [-0.2, 0) is 5.60 Å². The van der Waals surface area contributed by atoms with Gasteiger partial charge in [-0.1, -0.05) is 12.1 Å². The first kappa shape index (κ1) is 12.6. The number of ether oxygens (including phenoxy) is 1. The van der Waals surface area contributed by atoms with Gasteiger partial charge in [-0.25, -0.2) is 0 Å². The van der Waals surface area contributed by atoms with E-state index in [4.69, 9.17) is 4.74 Å². The van der Waals surface area contributed by atoms with Gasteiger partial charge in [0.1, 0.15) is 11.4 Å². The summed E-state index contributed by atoms with van der Waals surface area (Å²) < 4.78 is 6.10. The van der Waals surface area contributed by atoms with Gasteiger partial charge in [0.15, 0.2) is 0 Å². The smallest absolute Gasteiger partial charge is 0.119 e. The minimum absolute atomic E-state index is 0.745. The van der Waals surface area contributed by atoms with Gasteiger partial charge >= 0.3 is 0 Å². The average molecular weight is 313 g/mol. The summed E-state index contributed by atoms with van der Waals surface area (Å²) in [4.78, 5) is 0. The van der Waals surface area contributed by atoms with Crippen LogP contribution in [0.1, 0.15) is 18.1 Å². The summed E-state index contributed by atoms with van der Waals surface area (Å²) >= 11 is 5.01. The number of hydrogen-bond acceptors (Lipinski definition) is 3. The van der Waals surface area contributed by atoms with Crippen molar-refractivity contribution in [1.82, 2.24) is 0 Å². The summed E-state index contributed by atoms with van der Waals surface area (Å²) in [6.07, 6.45) is 0. The molecule has 0 amide bonds. The largest absolute Gasteiger partial charge is 0.497 e. The third kappa shape index (κ3) is 2.39. The predicted octanol–water partition coefficient (Wildman–Crippen LogP) is 3.78. The second-order valence-electron chi connectivity index (χ2n) is 3.94. The molecule has 0 saturated carbocycles. The second-order valence-corrected chi connectivity index (χ2v) is 5.54. The Labute approximate surface area is 113 Å². The van der Waals surface area contributed by atoms with Crippen LogP contribution in [0.25, 0.3) is 0 Å². The molecule has 1 heterocycles. The highest BCUT2D eigenvalue weighted by atomic mass is 79.9. The van der Waals surface area contributed by atoms with E-state index in [2.05, 4.69) is 15.9 Å². The van der Waals surface area contributed by atoms with Crippen LogP contribution in [-0.4, -0.2) is 12.2 Å². The molecule has 0 radical (unpaired) electrons. The van der Waals surface area contributed by atoms with Gasteiger partial charge < -0.3 is 9.84 Å². The number of aliphatic hydroxyl groups is 1. The summed E-state index contributed by atoms with van der Waals surface area (Å²) in [7, 11) is 1.62. The van der Waals surface area contributed by atoms with Crippen LogP contribution in [0.4, 0.5) is 0 Å². The highest BCUT2D eigenvalue weighted by Gasteiger charge is 2.28. The van der Waals surface area contributed by atoms with E-state index in [9.17, 15) is 5.11 Å². The van der Waals surface area contributed by atoms with Crippen molar-refractivity contribution in [3.05, 3.63) is 50.6 Å². The first-order chi connectivity index (χ1) is 8.05. The second kappa shape index (κ2) is 4.80. The van der Waals surface area contributed by atoms with Gasteiger partial charge in [0.05, 0.1) is 7.11 Å². The molecule has 1 atom stereocenters. The fraction of sp³-hybridized carbons (Fsp3) is 0.231. The molecule has 2 rings (SSSR count). The Bertz CT molecular complexity index is 520. The molecule has 0 spiro atoms. The van der Waals surface area contributed by atoms with Crippen LogP contribution in [0.5, 0.6) is 5.75 Å². The normalized spacial score (nSPS) is 14.4. The van der Waals surface area contributed by atoms with E-state index in [0.717, 1.165) is 21.3 Å². The van der Waals surface area contributed by atoms with Crippen molar-refractivity contribution >= 4 is 27.3 Å². The molecule has 0 aliphatic carbocycles. The highest BCUT2D eigenvalue weighted by Crippen LogP contribution is 2.37. The molecule has 0 saturated heterocycles. The van der Waals surface area contributed by atoms with Gasteiger partial charge in [0.2, 0.25) is 0 Å². The van der Waals surface area contributed by atoms with E-state index in [1.807, 2.05) is 35.0 Å². The monoisotopic (exact) mass is 312 g/mol. The molecule has 0 bridgehead atoms. The zero-order chi connectivity index (χ0) is 12.5. The Morgan fingerprint density at radius 1 is 1.35 bits per heavy atom. The number of benzene rings is 1. The van der Waals surface area contributed by atoms with E-state index in [0.29, 0.717) is 0 Å². The number of thiophene rings is 1. The number of methoxy groups -OCH3 is 1. The van der Waals surface area contributed by atoms with Crippen LogP contribution in [0.15, 0.2) is 39.5 Å². The molecule has 1 aromatic carbocycles. The minimum atomic E-state index is -1.02. The third-order valence-corrected chi connectivity index (χ3v) is 4.47. The molecule has 1 aromatic heterocycles. The van der Waals surface area contributed by atoms with Crippen LogP contribution in [0, 0.1) is 0 Å². The summed E-state index contributed by atoms with van der Waals surface area (Å²) in [6.45, 7) is 1.79. The molecule has 2 aromatic rings. The molecule has 17 heavy (non-hydrogen) atoms. The molecule has 90 valence electrons. The van der Waals surface area contributed by atoms with Gasteiger partial charge in [-0.2, -0.15) is 11.3 Å². The van der Waals surface area contributed by atoms with Gasteiger partial charge in [-0.15, -0.1) is 0 Å². The molecule has 2 nitrogen and oxygen atoms in total. The minimum Gasteiger partial charge on any atom is -0.497 e. The van der Waals surface area contributed by atoms with E-state index in [-0.39, 0.29) is 0 Å². The fourth-order valence-electron chi connectivity index (χ4n) is 1.71. The zero-order valence-electron chi connectivity index (χ0n) is 9.61. The highest BCUT2D eigenvalue weighted by molar-refractivity contribution is 9.10. The van der Waals surface area contributed by atoms with E-state index < -0.39 is 5.60 Å². The lowest BCUT2D eigenvalue weighted by atomic mass is 9.90. The van der Waals surface area contributed by atoms with Crippen LogP contribution >= 0.6 is 27.3 Å². The Balaban J connectivity index is 2.47. The molecule has 1 unspecified atom stereocenters. The van der Waals surface area contributed by atoms with Crippen LogP contribution in [0.2, 0.25) is 0 Å². The Hall–Kier alpha value is -0.840.